The van der Waals surface area contributed by atoms with Gasteiger partial charge in [-0.3, -0.25) is 4.79 Å². The van der Waals surface area contributed by atoms with Gasteiger partial charge >= 0.3 is 0 Å². The summed E-state index contributed by atoms with van der Waals surface area (Å²) in [6, 6.07) is 4.12. The molecule has 1 aromatic rings. The summed E-state index contributed by atoms with van der Waals surface area (Å²) in [4.78, 5) is 20.2. The van der Waals surface area contributed by atoms with Gasteiger partial charge in [-0.1, -0.05) is 12.8 Å². The van der Waals surface area contributed by atoms with Crippen LogP contribution in [-0.4, -0.2) is 44.0 Å². The van der Waals surface area contributed by atoms with Gasteiger partial charge in [0.15, 0.2) is 5.96 Å². The minimum Gasteiger partial charge on any atom is -0.357 e. The van der Waals surface area contributed by atoms with Crippen LogP contribution in [0.4, 0.5) is 0 Å². The maximum atomic E-state index is 12.6. The van der Waals surface area contributed by atoms with E-state index in [4.69, 9.17) is 0 Å². The molecule has 2 rings (SSSR count). The van der Waals surface area contributed by atoms with Crippen LogP contribution in [0.5, 0.6) is 0 Å². The van der Waals surface area contributed by atoms with Crippen LogP contribution in [0.2, 0.25) is 0 Å². The lowest BCUT2D eigenvalue weighted by Gasteiger charge is -2.31. The van der Waals surface area contributed by atoms with Crippen molar-refractivity contribution in [2.45, 2.75) is 39.2 Å². The fraction of sp³-hybridized carbons (Fsp3) is 0.647. The molecule has 0 saturated heterocycles. The number of rotatable bonds is 6. The molecule has 0 spiro atoms. The van der Waals surface area contributed by atoms with Gasteiger partial charge in [-0.15, -0.1) is 11.3 Å². The quantitative estimate of drug-likeness (QED) is 0.554. The Hall–Kier alpha value is -1.08. The first-order valence-electron chi connectivity index (χ1n) is 8.45. The van der Waals surface area contributed by atoms with E-state index in [1.54, 1.807) is 16.2 Å². The number of hydrogen-bond donors (Lipinski definition) is 2. The summed E-state index contributed by atoms with van der Waals surface area (Å²) in [6.07, 6.45) is 4.15. The van der Waals surface area contributed by atoms with Crippen LogP contribution in [0.25, 0.3) is 0 Å². The Morgan fingerprint density at radius 2 is 2.04 bits per heavy atom. The third-order valence-corrected chi connectivity index (χ3v) is 5.99. The Morgan fingerprint density at radius 1 is 1.33 bits per heavy atom. The molecule has 24 heavy (non-hydrogen) atoms. The van der Waals surface area contributed by atoms with Gasteiger partial charge in [0.05, 0.1) is 15.7 Å². The molecule has 1 aliphatic rings. The minimum absolute atomic E-state index is 0.227. The number of hydrogen-bond acceptors (Lipinski definition) is 3. The van der Waals surface area contributed by atoms with Crippen molar-refractivity contribution in [2.24, 2.45) is 10.4 Å². The highest BCUT2D eigenvalue weighted by atomic mass is 79.9. The Morgan fingerprint density at radius 3 is 2.58 bits per heavy atom. The third kappa shape index (κ3) is 4.96. The summed E-state index contributed by atoms with van der Waals surface area (Å²) >= 11 is 5.17. The first kappa shape index (κ1) is 19.2. The van der Waals surface area contributed by atoms with Crippen molar-refractivity contribution in [1.82, 2.24) is 15.5 Å². The molecule has 1 amide bonds. The number of aliphatic imine (C=N–C) groups is 1. The molecule has 0 aliphatic heterocycles. The fourth-order valence-electron chi connectivity index (χ4n) is 3.18. The van der Waals surface area contributed by atoms with Crippen molar-refractivity contribution in [2.75, 3.05) is 27.2 Å². The summed E-state index contributed by atoms with van der Waals surface area (Å²) in [5, 5.41) is 6.68. The van der Waals surface area contributed by atoms with E-state index in [9.17, 15) is 4.79 Å². The molecular weight excluding hydrogens is 388 g/mol. The van der Waals surface area contributed by atoms with E-state index in [1.165, 1.54) is 4.88 Å². The molecule has 5 nitrogen and oxygen atoms in total. The zero-order valence-electron chi connectivity index (χ0n) is 14.7. The molecule has 0 atom stereocenters. The van der Waals surface area contributed by atoms with Crippen LogP contribution < -0.4 is 10.6 Å². The molecule has 134 valence electrons. The Bertz CT molecular complexity index is 579. The van der Waals surface area contributed by atoms with Gasteiger partial charge in [-0.2, -0.15) is 0 Å². The van der Waals surface area contributed by atoms with Gasteiger partial charge in [-0.25, -0.2) is 4.99 Å². The second kappa shape index (κ2) is 8.85. The van der Waals surface area contributed by atoms with Gasteiger partial charge in [0.25, 0.3) is 0 Å². The van der Waals surface area contributed by atoms with E-state index < -0.39 is 0 Å². The van der Waals surface area contributed by atoms with Crippen molar-refractivity contribution >= 4 is 39.1 Å². The molecule has 1 aliphatic carbocycles. The Kier molecular flexibility index (Phi) is 7.10. The molecule has 1 aromatic heterocycles. The second-order valence-electron chi connectivity index (χ2n) is 6.44. The van der Waals surface area contributed by atoms with Crippen LogP contribution in [0.1, 0.15) is 37.5 Å². The number of guanidine groups is 1. The third-order valence-electron chi connectivity index (χ3n) is 4.38. The maximum Gasteiger partial charge on any atom is 0.230 e. The van der Waals surface area contributed by atoms with Crippen LogP contribution >= 0.6 is 27.3 Å². The zero-order valence-corrected chi connectivity index (χ0v) is 17.1. The zero-order chi connectivity index (χ0) is 17.6. The molecule has 1 heterocycles. The van der Waals surface area contributed by atoms with Gasteiger partial charge < -0.3 is 15.5 Å². The van der Waals surface area contributed by atoms with Gasteiger partial charge in [0.1, 0.15) is 0 Å². The maximum absolute atomic E-state index is 12.6. The number of carbonyl (C=O) groups excluding carboxylic acids is 1. The Labute approximate surface area is 157 Å². The summed E-state index contributed by atoms with van der Waals surface area (Å²) < 4.78 is 1.12. The summed E-state index contributed by atoms with van der Waals surface area (Å²) in [7, 11) is 3.69. The molecule has 0 radical (unpaired) electrons. The second-order valence-corrected chi connectivity index (χ2v) is 8.99. The van der Waals surface area contributed by atoms with Crippen LogP contribution in [0.15, 0.2) is 20.9 Å². The van der Waals surface area contributed by atoms with Crippen LogP contribution in [-0.2, 0) is 11.3 Å². The Balaban J connectivity index is 2.02. The van der Waals surface area contributed by atoms with Crippen molar-refractivity contribution in [3.8, 4) is 0 Å². The minimum atomic E-state index is -0.286. The van der Waals surface area contributed by atoms with E-state index in [0.717, 1.165) is 42.0 Å². The molecule has 1 fully saturated rings. The van der Waals surface area contributed by atoms with Crippen molar-refractivity contribution in [1.29, 1.82) is 0 Å². The van der Waals surface area contributed by atoms with Crippen molar-refractivity contribution in [3.05, 3.63) is 20.8 Å². The molecule has 7 heteroatoms. The normalized spacial score (nSPS) is 16.9. The highest BCUT2D eigenvalue weighted by Crippen LogP contribution is 2.38. The highest BCUT2D eigenvalue weighted by Gasteiger charge is 2.42. The smallest absolute Gasteiger partial charge is 0.230 e. The largest absolute Gasteiger partial charge is 0.357 e. The van der Waals surface area contributed by atoms with Gasteiger partial charge in [0, 0.05) is 32.1 Å². The number of nitrogens with zero attached hydrogens (tertiary/aromatic N) is 2. The lowest BCUT2D eigenvalue weighted by Crippen LogP contribution is -2.49. The average Bonchev–Trinajstić information content (AvgIpc) is 3.19. The number of amides is 1. The highest BCUT2D eigenvalue weighted by molar-refractivity contribution is 9.11. The molecule has 0 aromatic carbocycles. The van der Waals surface area contributed by atoms with Crippen molar-refractivity contribution in [3.63, 3.8) is 0 Å². The van der Waals surface area contributed by atoms with Crippen LogP contribution in [0.3, 0.4) is 0 Å². The molecular formula is C17H27BrN4OS. The molecule has 0 unspecified atom stereocenters. The van der Waals surface area contributed by atoms with E-state index >= 15 is 0 Å². The summed E-state index contributed by atoms with van der Waals surface area (Å²) in [5.74, 6) is 1.00. The lowest BCUT2D eigenvalue weighted by molar-refractivity contribution is -0.138. The predicted octanol–water partition coefficient (Wildman–Crippen LogP) is 3.21. The summed E-state index contributed by atoms with van der Waals surface area (Å²) in [6.45, 7) is 4.13. The lowest BCUT2D eigenvalue weighted by atomic mass is 9.84. The predicted molar refractivity (Wildman–Crippen MR) is 104 cm³/mol. The molecule has 2 N–H and O–H groups in total. The fourth-order valence-corrected chi connectivity index (χ4v) is 4.59. The standard InChI is InChI=1S/C17H27BrN4OS/c1-4-19-16(20-11-13-7-8-14(18)24-13)21-12-17(9-5-6-10-17)15(23)22(2)3/h7-8H,4-6,9-12H2,1-3H3,(H2,19,20,21). The number of carbonyl (C=O) groups is 1. The summed E-state index contributed by atoms with van der Waals surface area (Å²) in [5.41, 5.74) is -0.286. The van der Waals surface area contributed by atoms with E-state index in [2.05, 4.69) is 44.5 Å². The van der Waals surface area contributed by atoms with Gasteiger partial charge in [-0.05, 0) is 47.8 Å². The first-order chi connectivity index (χ1) is 11.5. The number of nitrogens with one attached hydrogen (secondary N) is 2. The van der Waals surface area contributed by atoms with Crippen molar-refractivity contribution < 1.29 is 4.79 Å². The topological polar surface area (TPSA) is 56.7 Å². The van der Waals surface area contributed by atoms with Gasteiger partial charge in [0.2, 0.25) is 5.91 Å². The molecule has 0 bridgehead atoms. The van der Waals surface area contributed by atoms with Crippen LogP contribution in [0, 0.1) is 5.41 Å². The first-order valence-corrected chi connectivity index (χ1v) is 10.1. The number of halogens is 1. The monoisotopic (exact) mass is 414 g/mol. The van der Waals surface area contributed by atoms with E-state index in [0.29, 0.717) is 13.1 Å². The number of thiophene rings is 1. The molecule has 1 saturated carbocycles. The SMILES string of the molecule is CCNC(=NCc1ccc(Br)s1)NCC1(C(=O)N(C)C)CCCC1. The average molecular weight is 415 g/mol. The van der Waals surface area contributed by atoms with E-state index in [1.807, 2.05) is 20.2 Å². The van der Waals surface area contributed by atoms with E-state index in [-0.39, 0.29) is 11.3 Å².